The predicted octanol–water partition coefficient (Wildman–Crippen LogP) is 5.20. The van der Waals surface area contributed by atoms with E-state index in [4.69, 9.17) is 9.47 Å². The molecule has 3 atom stereocenters. The third kappa shape index (κ3) is 5.72. The number of esters is 1. The summed E-state index contributed by atoms with van der Waals surface area (Å²) < 4.78 is 12.5. The van der Waals surface area contributed by atoms with Crippen LogP contribution in [0.1, 0.15) is 85.5 Å². The Morgan fingerprint density at radius 2 is 1.71 bits per heavy atom. The lowest BCUT2D eigenvalue weighted by Gasteiger charge is -2.39. The molecule has 0 radical (unpaired) electrons. The summed E-state index contributed by atoms with van der Waals surface area (Å²) in [4.78, 5) is 12.2. The van der Waals surface area contributed by atoms with Crippen molar-refractivity contribution < 1.29 is 18.8 Å². The number of fused-ring (bicyclic) bond motifs is 2. The van der Waals surface area contributed by atoms with Crippen molar-refractivity contribution in [1.82, 2.24) is 0 Å². The lowest BCUT2D eigenvalue weighted by molar-refractivity contribution is -0.883. The van der Waals surface area contributed by atoms with Crippen molar-refractivity contribution in [2.75, 3.05) is 40.4 Å². The first-order valence-electron chi connectivity index (χ1n) is 11.7. The highest BCUT2D eigenvalue weighted by molar-refractivity contribution is 5.70. The van der Waals surface area contributed by atoms with Crippen LogP contribution in [0.3, 0.4) is 0 Å². The van der Waals surface area contributed by atoms with Crippen LogP contribution in [0.4, 0.5) is 0 Å². The second-order valence-corrected chi connectivity index (χ2v) is 10.8. The summed E-state index contributed by atoms with van der Waals surface area (Å²) >= 11 is 0. The first kappa shape index (κ1) is 23.7. The van der Waals surface area contributed by atoms with Gasteiger partial charge in [0.2, 0.25) is 0 Å². The highest BCUT2D eigenvalue weighted by Crippen LogP contribution is 2.66. The Kier molecular flexibility index (Phi) is 8.39. The molecule has 2 bridgehead atoms. The Morgan fingerprint density at radius 3 is 2.32 bits per heavy atom. The van der Waals surface area contributed by atoms with Gasteiger partial charge >= 0.3 is 5.97 Å². The standard InChI is InChI=1S/C24H46NO3/c1-7-8-9-10-11-12-16-28-22(26)19-25(5,6)15-17-27-21-18-20-13-14-24(21,4)23(20,2)3/h20-21H,7-19H2,1-6H3/q+1/t20-,21+,24+/m1/s1. The van der Waals surface area contributed by atoms with E-state index < -0.39 is 0 Å². The first-order chi connectivity index (χ1) is 13.1. The second-order valence-electron chi connectivity index (χ2n) is 10.8. The van der Waals surface area contributed by atoms with Gasteiger partial charge in [-0.1, -0.05) is 59.8 Å². The van der Waals surface area contributed by atoms with Gasteiger partial charge in [0.05, 0.1) is 33.4 Å². The Labute approximate surface area is 173 Å². The van der Waals surface area contributed by atoms with E-state index in [9.17, 15) is 4.79 Å². The number of carbonyl (C=O) groups is 1. The minimum atomic E-state index is -0.0772. The van der Waals surface area contributed by atoms with Gasteiger partial charge in [-0.05, 0) is 42.4 Å². The molecule has 2 aliphatic rings. The van der Waals surface area contributed by atoms with Crippen molar-refractivity contribution in [1.29, 1.82) is 0 Å². The SMILES string of the molecule is CCCCCCCCOC(=O)C[N+](C)(C)CCO[C@H]1C[C@H]2CC[C@]1(C)C2(C)C. The van der Waals surface area contributed by atoms with Gasteiger partial charge in [-0.15, -0.1) is 0 Å². The third-order valence-electron chi connectivity index (χ3n) is 8.05. The molecule has 2 fully saturated rings. The number of carbonyl (C=O) groups excluding carboxylic acids is 1. The van der Waals surface area contributed by atoms with E-state index in [-0.39, 0.29) is 5.97 Å². The zero-order valence-electron chi connectivity index (χ0n) is 19.5. The molecule has 0 amide bonds. The molecule has 2 aliphatic carbocycles. The van der Waals surface area contributed by atoms with Crippen molar-refractivity contribution in [3.05, 3.63) is 0 Å². The largest absolute Gasteiger partial charge is 0.462 e. The number of likely N-dealkylation sites (N-methyl/N-ethyl adjacent to an activating group) is 1. The van der Waals surface area contributed by atoms with Gasteiger partial charge in [0.1, 0.15) is 6.54 Å². The van der Waals surface area contributed by atoms with Gasteiger partial charge < -0.3 is 14.0 Å². The molecule has 0 N–H and O–H groups in total. The maximum Gasteiger partial charge on any atom is 0.361 e. The summed E-state index contributed by atoms with van der Waals surface area (Å²) in [6.07, 6.45) is 11.5. The van der Waals surface area contributed by atoms with E-state index in [1.165, 1.54) is 44.9 Å². The van der Waals surface area contributed by atoms with Crippen molar-refractivity contribution in [3.8, 4) is 0 Å². The normalized spacial score (nSPS) is 28.6. The molecule has 164 valence electrons. The van der Waals surface area contributed by atoms with Crippen LogP contribution in [0.5, 0.6) is 0 Å². The minimum Gasteiger partial charge on any atom is -0.462 e. The molecule has 28 heavy (non-hydrogen) atoms. The van der Waals surface area contributed by atoms with Gasteiger partial charge in [0.15, 0.2) is 6.54 Å². The minimum absolute atomic E-state index is 0.0772. The van der Waals surface area contributed by atoms with E-state index >= 15 is 0 Å². The van der Waals surface area contributed by atoms with E-state index in [1.54, 1.807) is 0 Å². The van der Waals surface area contributed by atoms with Crippen LogP contribution in [0, 0.1) is 16.7 Å². The van der Waals surface area contributed by atoms with E-state index in [2.05, 4.69) is 41.8 Å². The summed E-state index contributed by atoms with van der Waals surface area (Å²) in [5.74, 6) is 0.730. The average molecular weight is 397 g/mol. The molecule has 0 aromatic rings. The number of hydrogen-bond donors (Lipinski definition) is 0. The van der Waals surface area contributed by atoms with Crippen LogP contribution in [-0.4, -0.2) is 57.0 Å². The van der Waals surface area contributed by atoms with Crippen LogP contribution in [-0.2, 0) is 14.3 Å². The Balaban J connectivity index is 1.61. The molecule has 0 spiro atoms. The summed E-state index contributed by atoms with van der Waals surface area (Å²) in [7, 11) is 4.20. The highest BCUT2D eigenvalue weighted by atomic mass is 16.5. The van der Waals surface area contributed by atoms with Crippen LogP contribution >= 0.6 is 0 Å². The van der Waals surface area contributed by atoms with Gasteiger partial charge in [0, 0.05) is 0 Å². The topological polar surface area (TPSA) is 35.5 Å². The lowest BCUT2D eigenvalue weighted by Crippen LogP contribution is -2.47. The first-order valence-corrected chi connectivity index (χ1v) is 11.7. The summed E-state index contributed by atoms with van der Waals surface area (Å²) in [5, 5.41) is 0. The molecule has 0 aromatic heterocycles. The Morgan fingerprint density at radius 1 is 1.04 bits per heavy atom. The fourth-order valence-corrected chi connectivity index (χ4v) is 5.37. The van der Waals surface area contributed by atoms with Gasteiger partial charge in [-0.3, -0.25) is 0 Å². The number of nitrogens with zero attached hydrogens (tertiary/aromatic N) is 1. The van der Waals surface area contributed by atoms with Crippen molar-refractivity contribution in [2.45, 2.75) is 91.6 Å². The molecular formula is C24H46NO3+. The van der Waals surface area contributed by atoms with Gasteiger partial charge in [-0.2, -0.15) is 0 Å². The smallest absolute Gasteiger partial charge is 0.361 e. The number of unbranched alkanes of at least 4 members (excludes halogenated alkanes) is 5. The van der Waals surface area contributed by atoms with E-state index in [1.807, 2.05) is 0 Å². The highest BCUT2D eigenvalue weighted by Gasteiger charge is 2.61. The third-order valence-corrected chi connectivity index (χ3v) is 8.05. The fourth-order valence-electron chi connectivity index (χ4n) is 5.37. The molecule has 2 rings (SSSR count). The zero-order chi connectivity index (χ0) is 20.8. The molecule has 2 saturated carbocycles. The van der Waals surface area contributed by atoms with Crippen molar-refractivity contribution >= 4 is 5.97 Å². The summed E-state index contributed by atoms with van der Waals surface area (Å²) in [5.41, 5.74) is 0.702. The molecule has 0 heterocycles. The Hall–Kier alpha value is -0.610. The number of ether oxygens (including phenoxy) is 2. The Bertz CT molecular complexity index is 502. The van der Waals surface area contributed by atoms with E-state index in [0.717, 1.165) is 31.9 Å². The van der Waals surface area contributed by atoms with Crippen LogP contribution in [0.15, 0.2) is 0 Å². The monoisotopic (exact) mass is 396 g/mol. The lowest BCUT2D eigenvalue weighted by atomic mass is 9.70. The summed E-state index contributed by atoms with van der Waals surface area (Å²) in [6.45, 7) is 12.1. The van der Waals surface area contributed by atoms with Gasteiger partial charge in [-0.25, -0.2) is 4.79 Å². The van der Waals surface area contributed by atoms with Gasteiger partial charge in [0.25, 0.3) is 0 Å². The molecule has 4 heteroatoms. The van der Waals surface area contributed by atoms with Crippen LogP contribution in [0.2, 0.25) is 0 Å². The molecule has 0 aromatic carbocycles. The fraction of sp³-hybridized carbons (Fsp3) is 0.958. The predicted molar refractivity (Wildman–Crippen MR) is 115 cm³/mol. The van der Waals surface area contributed by atoms with Crippen molar-refractivity contribution in [3.63, 3.8) is 0 Å². The number of rotatable bonds is 13. The number of hydrogen-bond acceptors (Lipinski definition) is 3. The molecule has 0 unspecified atom stereocenters. The zero-order valence-corrected chi connectivity index (χ0v) is 19.5. The molecular weight excluding hydrogens is 350 g/mol. The number of quaternary nitrogens is 1. The van der Waals surface area contributed by atoms with Crippen molar-refractivity contribution in [2.24, 2.45) is 16.7 Å². The maximum atomic E-state index is 12.2. The quantitative estimate of drug-likeness (QED) is 0.244. The van der Waals surface area contributed by atoms with Crippen LogP contribution in [0.25, 0.3) is 0 Å². The maximum absolute atomic E-state index is 12.2. The molecule has 0 aliphatic heterocycles. The molecule has 4 nitrogen and oxygen atoms in total. The summed E-state index contributed by atoms with van der Waals surface area (Å²) in [6, 6.07) is 0. The second kappa shape index (κ2) is 9.93. The average Bonchev–Trinajstić information content (AvgIpc) is 2.94. The van der Waals surface area contributed by atoms with E-state index in [0.29, 0.717) is 34.6 Å². The molecule has 0 saturated heterocycles. The van der Waals surface area contributed by atoms with Crippen LogP contribution < -0.4 is 0 Å².